The number of nitrogens with one attached hydrogen (secondary N) is 1. The van der Waals surface area contributed by atoms with Crippen molar-refractivity contribution in [1.82, 2.24) is 5.32 Å². The van der Waals surface area contributed by atoms with E-state index in [9.17, 15) is 0 Å². The van der Waals surface area contributed by atoms with Crippen molar-refractivity contribution in [1.29, 1.82) is 0 Å². The van der Waals surface area contributed by atoms with Gasteiger partial charge in [0.05, 0.1) is 6.10 Å². The molecule has 18 heavy (non-hydrogen) atoms. The average molecular weight is 247 g/mol. The fourth-order valence-corrected chi connectivity index (χ4v) is 1.94. The molecule has 0 heterocycles. The van der Waals surface area contributed by atoms with E-state index in [0.29, 0.717) is 0 Å². The van der Waals surface area contributed by atoms with E-state index in [4.69, 9.17) is 4.74 Å². The van der Waals surface area contributed by atoms with Crippen molar-refractivity contribution in [2.75, 3.05) is 6.54 Å². The van der Waals surface area contributed by atoms with Crippen molar-refractivity contribution in [2.24, 2.45) is 0 Å². The molecule has 1 atom stereocenters. The molecule has 0 saturated carbocycles. The predicted molar refractivity (Wildman–Crippen MR) is 78.1 cm³/mol. The molecule has 0 aliphatic heterocycles. The molecule has 0 aliphatic carbocycles. The van der Waals surface area contributed by atoms with Crippen LogP contribution in [0.5, 0.6) is 5.75 Å². The second-order valence-corrected chi connectivity index (χ2v) is 4.74. The summed E-state index contributed by atoms with van der Waals surface area (Å²) in [6, 6.07) is 8.55. The lowest BCUT2D eigenvalue weighted by atomic mass is 10.0. The molecular weight excluding hydrogens is 222 g/mol. The molecule has 0 saturated heterocycles. The molecule has 0 fully saturated rings. The maximum absolute atomic E-state index is 5.88. The molecule has 1 aromatic rings. The minimum atomic E-state index is 0.196. The van der Waals surface area contributed by atoms with E-state index in [2.05, 4.69) is 44.8 Å². The summed E-state index contributed by atoms with van der Waals surface area (Å²) < 4.78 is 5.88. The maximum atomic E-state index is 5.88. The van der Waals surface area contributed by atoms with Gasteiger partial charge in [0.15, 0.2) is 0 Å². The lowest BCUT2D eigenvalue weighted by Gasteiger charge is -2.22. The second-order valence-electron chi connectivity index (χ2n) is 4.74. The van der Waals surface area contributed by atoms with E-state index in [0.717, 1.165) is 25.1 Å². The number of rotatable bonds is 8. The van der Waals surface area contributed by atoms with Gasteiger partial charge in [0.1, 0.15) is 5.75 Å². The van der Waals surface area contributed by atoms with Crippen LogP contribution in [0.1, 0.15) is 45.2 Å². The first-order valence-corrected chi connectivity index (χ1v) is 6.78. The van der Waals surface area contributed by atoms with Crippen LogP contribution < -0.4 is 10.1 Å². The molecule has 0 aliphatic rings. The van der Waals surface area contributed by atoms with Crippen molar-refractivity contribution in [3.63, 3.8) is 0 Å². The normalized spacial score (nSPS) is 12.4. The number of ether oxygens (including phenoxy) is 1. The standard InChI is InChI=1S/C16H25NO/c1-5-9-15(17-12-6-2)14-10-7-8-11-16(14)18-13(3)4/h5,7-8,10-11,13,15,17H,1,6,9,12H2,2-4H3. The quantitative estimate of drug-likeness (QED) is 0.699. The largest absolute Gasteiger partial charge is 0.491 e. The zero-order valence-electron chi connectivity index (χ0n) is 11.8. The first-order chi connectivity index (χ1) is 8.69. The Bertz CT molecular complexity index is 360. The Morgan fingerprint density at radius 1 is 1.33 bits per heavy atom. The Morgan fingerprint density at radius 2 is 2.06 bits per heavy atom. The van der Waals surface area contributed by atoms with Crippen molar-refractivity contribution < 1.29 is 4.74 Å². The van der Waals surface area contributed by atoms with Gasteiger partial charge in [0.25, 0.3) is 0 Å². The highest BCUT2D eigenvalue weighted by molar-refractivity contribution is 5.36. The molecule has 1 aromatic carbocycles. The summed E-state index contributed by atoms with van der Waals surface area (Å²) in [5.41, 5.74) is 1.22. The third-order valence-corrected chi connectivity index (χ3v) is 2.70. The van der Waals surface area contributed by atoms with Gasteiger partial charge in [-0.15, -0.1) is 6.58 Å². The summed E-state index contributed by atoms with van der Waals surface area (Å²) >= 11 is 0. The Morgan fingerprint density at radius 3 is 2.67 bits per heavy atom. The third kappa shape index (κ3) is 4.53. The minimum absolute atomic E-state index is 0.196. The molecular formula is C16H25NO. The van der Waals surface area contributed by atoms with Crippen LogP contribution in [0, 0.1) is 0 Å². The summed E-state index contributed by atoms with van der Waals surface area (Å²) in [5, 5.41) is 3.55. The maximum Gasteiger partial charge on any atom is 0.124 e. The summed E-state index contributed by atoms with van der Waals surface area (Å²) in [5.74, 6) is 0.975. The fraction of sp³-hybridized carbons (Fsp3) is 0.500. The van der Waals surface area contributed by atoms with Crippen LogP contribution in [-0.2, 0) is 0 Å². The molecule has 1 unspecified atom stereocenters. The average Bonchev–Trinajstić information content (AvgIpc) is 2.35. The number of hydrogen-bond acceptors (Lipinski definition) is 2. The first kappa shape index (κ1) is 14.8. The smallest absolute Gasteiger partial charge is 0.124 e. The zero-order chi connectivity index (χ0) is 13.4. The van der Waals surface area contributed by atoms with Gasteiger partial charge in [-0.05, 0) is 39.3 Å². The number of para-hydroxylation sites is 1. The Labute approximate surface area is 111 Å². The van der Waals surface area contributed by atoms with Crippen molar-refractivity contribution in [3.05, 3.63) is 42.5 Å². The van der Waals surface area contributed by atoms with Crippen molar-refractivity contribution in [3.8, 4) is 5.75 Å². The molecule has 0 spiro atoms. The van der Waals surface area contributed by atoms with E-state index in [1.54, 1.807) is 0 Å². The van der Waals surface area contributed by atoms with E-state index in [1.165, 1.54) is 5.56 Å². The summed E-state index contributed by atoms with van der Waals surface area (Å²) in [4.78, 5) is 0. The zero-order valence-corrected chi connectivity index (χ0v) is 11.8. The van der Waals surface area contributed by atoms with E-state index >= 15 is 0 Å². The van der Waals surface area contributed by atoms with Gasteiger partial charge in [-0.1, -0.05) is 31.2 Å². The van der Waals surface area contributed by atoms with Crippen LogP contribution >= 0.6 is 0 Å². The van der Waals surface area contributed by atoms with E-state index in [1.807, 2.05) is 18.2 Å². The number of benzene rings is 1. The molecule has 0 aromatic heterocycles. The minimum Gasteiger partial charge on any atom is -0.491 e. The second kappa shape index (κ2) is 7.93. The van der Waals surface area contributed by atoms with Crippen LogP contribution in [0.2, 0.25) is 0 Å². The van der Waals surface area contributed by atoms with Gasteiger partial charge >= 0.3 is 0 Å². The number of hydrogen-bond donors (Lipinski definition) is 1. The first-order valence-electron chi connectivity index (χ1n) is 6.78. The van der Waals surface area contributed by atoms with Crippen LogP contribution in [0.15, 0.2) is 36.9 Å². The predicted octanol–water partition coefficient (Wildman–Crippen LogP) is 4.09. The summed E-state index contributed by atoms with van der Waals surface area (Å²) in [6.45, 7) is 11.1. The summed E-state index contributed by atoms with van der Waals surface area (Å²) in [6.07, 6.45) is 4.19. The SMILES string of the molecule is C=CCC(NCCC)c1ccccc1OC(C)C. The molecule has 1 rings (SSSR count). The summed E-state index contributed by atoms with van der Waals surface area (Å²) in [7, 11) is 0. The molecule has 100 valence electrons. The van der Waals surface area contributed by atoms with Crippen molar-refractivity contribution in [2.45, 2.75) is 45.8 Å². The molecule has 0 bridgehead atoms. The van der Waals surface area contributed by atoms with Gasteiger partial charge in [-0.2, -0.15) is 0 Å². The Kier molecular flexibility index (Phi) is 6.51. The molecule has 1 N–H and O–H groups in total. The highest BCUT2D eigenvalue weighted by atomic mass is 16.5. The van der Waals surface area contributed by atoms with Gasteiger partial charge in [0.2, 0.25) is 0 Å². The van der Waals surface area contributed by atoms with Crippen LogP contribution in [0.4, 0.5) is 0 Å². The van der Waals surface area contributed by atoms with Gasteiger partial charge in [-0.3, -0.25) is 0 Å². The van der Waals surface area contributed by atoms with Crippen LogP contribution in [-0.4, -0.2) is 12.6 Å². The molecule has 0 radical (unpaired) electrons. The third-order valence-electron chi connectivity index (χ3n) is 2.70. The van der Waals surface area contributed by atoms with Crippen molar-refractivity contribution >= 4 is 0 Å². The lowest BCUT2D eigenvalue weighted by molar-refractivity contribution is 0.237. The highest BCUT2D eigenvalue weighted by Gasteiger charge is 2.14. The Hall–Kier alpha value is -1.28. The van der Waals surface area contributed by atoms with Crippen LogP contribution in [0.25, 0.3) is 0 Å². The molecule has 2 heteroatoms. The van der Waals surface area contributed by atoms with Gasteiger partial charge < -0.3 is 10.1 Å². The lowest BCUT2D eigenvalue weighted by Crippen LogP contribution is -2.22. The van der Waals surface area contributed by atoms with Gasteiger partial charge in [-0.25, -0.2) is 0 Å². The van der Waals surface area contributed by atoms with E-state index in [-0.39, 0.29) is 12.1 Å². The topological polar surface area (TPSA) is 21.3 Å². The molecule has 0 amide bonds. The molecule has 2 nitrogen and oxygen atoms in total. The highest BCUT2D eigenvalue weighted by Crippen LogP contribution is 2.28. The Balaban J connectivity index is 2.90. The van der Waals surface area contributed by atoms with E-state index < -0.39 is 0 Å². The van der Waals surface area contributed by atoms with Gasteiger partial charge in [0, 0.05) is 11.6 Å². The monoisotopic (exact) mass is 247 g/mol. The van der Waals surface area contributed by atoms with Crippen LogP contribution in [0.3, 0.4) is 0 Å². The fourth-order valence-electron chi connectivity index (χ4n) is 1.94.